The zero-order valence-electron chi connectivity index (χ0n) is 9.42. The third-order valence-electron chi connectivity index (χ3n) is 2.55. The van der Waals surface area contributed by atoms with Gasteiger partial charge < -0.3 is 4.74 Å². The third kappa shape index (κ3) is 3.15. The van der Waals surface area contributed by atoms with E-state index >= 15 is 0 Å². The van der Waals surface area contributed by atoms with Crippen molar-refractivity contribution in [1.82, 2.24) is 0 Å². The molecular weight excluding hydrogens is 172 g/mol. The molecule has 1 heteroatoms. The highest BCUT2D eigenvalue weighted by atomic mass is 16.5. The fourth-order valence-corrected chi connectivity index (χ4v) is 1.59. The molecule has 0 fully saturated rings. The second kappa shape index (κ2) is 5.82. The Bertz CT molecular complexity index is 250. The van der Waals surface area contributed by atoms with Gasteiger partial charge in [-0.25, -0.2) is 0 Å². The number of benzene rings is 1. The largest absolute Gasteiger partial charge is 0.377 e. The first-order chi connectivity index (χ1) is 6.77. The lowest BCUT2D eigenvalue weighted by molar-refractivity contribution is 0.0936. The molecule has 0 heterocycles. The topological polar surface area (TPSA) is 9.23 Å². The van der Waals surface area contributed by atoms with Crippen LogP contribution in [0.4, 0.5) is 0 Å². The molecule has 78 valence electrons. The maximum atomic E-state index is 5.48. The second-order valence-corrected chi connectivity index (χ2v) is 3.78. The summed E-state index contributed by atoms with van der Waals surface area (Å²) in [5.41, 5.74) is 2.60. The number of ether oxygens (including phenoxy) is 1. The fraction of sp³-hybridized carbons (Fsp3) is 0.538. The lowest BCUT2D eigenvalue weighted by atomic mass is 10.0. The van der Waals surface area contributed by atoms with Gasteiger partial charge in [0.25, 0.3) is 0 Å². The van der Waals surface area contributed by atoms with Crippen molar-refractivity contribution >= 4 is 0 Å². The highest BCUT2D eigenvalue weighted by molar-refractivity contribution is 5.23. The minimum absolute atomic E-state index is 0.274. The Kier molecular flexibility index (Phi) is 4.68. The van der Waals surface area contributed by atoms with Gasteiger partial charge in [-0.05, 0) is 18.9 Å². The van der Waals surface area contributed by atoms with E-state index in [1.54, 1.807) is 7.11 Å². The Balaban J connectivity index is 2.64. The average Bonchev–Trinajstić information content (AvgIpc) is 2.21. The van der Waals surface area contributed by atoms with Crippen LogP contribution in [0.25, 0.3) is 0 Å². The number of methoxy groups -OCH3 is 1. The summed E-state index contributed by atoms with van der Waals surface area (Å²) < 4.78 is 5.48. The van der Waals surface area contributed by atoms with Crippen LogP contribution in [0, 0.1) is 6.92 Å². The Morgan fingerprint density at radius 3 is 2.36 bits per heavy atom. The third-order valence-corrected chi connectivity index (χ3v) is 2.55. The predicted octanol–water partition coefficient (Wildman–Crippen LogP) is 3.87. The second-order valence-electron chi connectivity index (χ2n) is 3.78. The Hall–Kier alpha value is -0.820. The first-order valence-corrected chi connectivity index (χ1v) is 5.37. The van der Waals surface area contributed by atoms with Crippen molar-refractivity contribution in [2.75, 3.05) is 7.11 Å². The van der Waals surface area contributed by atoms with Crippen LogP contribution in [0.3, 0.4) is 0 Å². The molecule has 0 spiro atoms. The van der Waals surface area contributed by atoms with Crippen LogP contribution in [-0.2, 0) is 4.74 Å². The summed E-state index contributed by atoms with van der Waals surface area (Å²) in [6.07, 6.45) is 3.85. The van der Waals surface area contributed by atoms with Crippen molar-refractivity contribution in [3.8, 4) is 0 Å². The van der Waals surface area contributed by atoms with Crippen molar-refractivity contribution in [2.45, 2.75) is 39.2 Å². The van der Waals surface area contributed by atoms with E-state index in [1.807, 2.05) is 0 Å². The Labute approximate surface area is 87.1 Å². The van der Waals surface area contributed by atoms with Gasteiger partial charge in [0.05, 0.1) is 6.10 Å². The molecule has 0 N–H and O–H groups in total. The zero-order chi connectivity index (χ0) is 10.4. The molecule has 0 aromatic heterocycles. The highest BCUT2D eigenvalue weighted by Gasteiger charge is 2.08. The molecule has 0 radical (unpaired) electrons. The average molecular weight is 192 g/mol. The van der Waals surface area contributed by atoms with E-state index in [2.05, 4.69) is 38.1 Å². The van der Waals surface area contributed by atoms with E-state index in [0.717, 1.165) is 6.42 Å². The van der Waals surface area contributed by atoms with Crippen molar-refractivity contribution < 1.29 is 4.74 Å². The number of unbranched alkanes of at least 4 members (excludes halogenated alkanes) is 1. The Morgan fingerprint density at radius 1 is 1.21 bits per heavy atom. The molecule has 1 aromatic rings. The van der Waals surface area contributed by atoms with Crippen LogP contribution in [-0.4, -0.2) is 7.11 Å². The smallest absolute Gasteiger partial charge is 0.0821 e. The van der Waals surface area contributed by atoms with Crippen LogP contribution in [0.5, 0.6) is 0 Å². The van der Waals surface area contributed by atoms with Gasteiger partial charge >= 0.3 is 0 Å². The van der Waals surface area contributed by atoms with Gasteiger partial charge in [0.2, 0.25) is 0 Å². The maximum Gasteiger partial charge on any atom is 0.0821 e. The fourth-order valence-electron chi connectivity index (χ4n) is 1.59. The van der Waals surface area contributed by atoms with Gasteiger partial charge in [0.15, 0.2) is 0 Å². The first-order valence-electron chi connectivity index (χ1n) is 5.37. The molecule has 0 bridgehead atoms. The van der Waals surface area contributed by atoms with Crippen LogP contribution < -0.4 is 0 Å². The van der Waals surface area contributed by atoms with Gasteiger partial charge in [0, 0.05) is 7.11 Å². The number of aryl methyl sites for hydroxylation is 1. The van der Waals surface area contributed by atoms with E-state index < -0.39 is 0 Å². The summed E-state index contributed by atoms with van der Waals surface area (Å²) in [5.74, 6) is 0. The normalized spacial score (nSPS) is 12.8. The van der Waals surface area contributed by atoms with E-state index in [4.69, 9.17) is 4.74 Å². The van der Waals surface area contributed by atoms with E-state index in [-0.39, 0.29) is 6.10 Å². The van der Waals surface area contributed by atoms with Crippen LogP contribution in [0.15, 0.2) is 24.3 Å². The van der Waals surface area contributed by atoms with Crippen LogP contribution in [0.2, 0.25) is 0 Å². The molecule has 14 heavy (non-hydrogen) atoms. The lowest BCUT2D eigenvalue weighted by Gasteiger charge is -2.15. The molecule has 0 aliphatic carbocycles. The summed E-state index contributed by atoms with van der Waals surface area (Å²) in [7, 11) is 1.79. The van der Waals surface area contributed by atoms with Gasteiger partial charge in [0.1, 0.15) is 0 Å². The summed E-state index contributed by atoms with van der Waals surface area (Å²) in [6.45, 7) is 4.32. The molecule has 0 aliphatic heterocycles. The number of rotatable bonds is 5. The summed E-state index contributed by atoms with van der Waals surface area (Å²) >= 11 is 0. The summed E-state index contributed by atoms with van der Waals surface area (Å²) in [5, 5.41) is 0. The van der Waals surface area contributed by atoms with Gasteiger partial charge in [-0.2, -0.15) is 0 Å². The predicted molar refractivity (Wildman–Crippen MR) is 60.5 cm³/mol. The lowest BCUT2D eigenvalue weighted by Crippen LogP contribution is -2.01. The molecule has 1 unspecified atom stereocenters. The van der Waals surface area contributed by atoms with Gasteiger partial charge in [-0.3, -0.25) is 0 Å². The van der Waals surface area contributed by atoms with Gasteiger partial charge in [-0.1, -0.05) is 49.6 Å². The molecule has 0 saturated heterocycles. The van der Waals surface area contributed by atoms with Gasteiger partial charge in [-0.15, -0.1) is 0 Å². The molecule has 1 rings (SSSR count). The summed E-state index contributed by atoms with van der Waals surface area (Å²) in [6, 6.07) is 8.62. The minimum atomic E-state index is 0.274. The standard InChI is InChI=1S/C13H20O/c1-4-5-6-13(14-3)12-9-7-11(2)8-10-12/h7-10,13H,4-6H2,1-3H3. The van der Waals surface area contributed by atoms with E-state index in [1.165, 1.54) is 24.0 Å². The molecule has 0 amide bonds. The van der Waals surface area contributed by atoms with Crippen LogP contribution >= 0.6 is 0 Å². The summed E-state index contributed by atoms with van der Waals surface area (Å²) in [4.78, 5) is 0. The molecule has 0 aliphatic rings. The first kappa shape index (κ1) is 11.3. The maximum absolute atomic E-state index is 5.48. The SMILES string of the molecule is CCCCC(OC)c1ccc(C)cc1. The minimum Gasteiger partial charge on any atom is -0.377 e. The quantitative estimate of drug-likeness (QED) is 0.688. The Morgan fingerprint density at radius 2 is 1.86 bits per heavy atom. The van der Waals surface area contributed by atoms with E-state index in [0.29, 0.717) is 0 Å². The molecule has 1 nitrogen and oxygen atoms in total. The number of hydrogen-bond acceptors (Lipinski definition) is 1. The molecule has 1 atom stereocenters. The molecular formula is C13H20O. The highest BCUT2D eigenvalue weighted by Crippen LogP contribution is 2.22. The van der Waals surface area contributed by atoms with Crippen LogP contribution in [0.1, 0.15) is 43.4 Å². The molecule has 0 saturated carbocycles. The van der Waals surface area contributed by atoms with Crippen molar-refractivity contribution in [3.05, 3.63) is 35.4 Å². The monoisotopic (exact) mass is 192 g/mol. The van der Waals surface area contributed by atoms with Crippen molar-refractivity contribution in [2.24, 2.45) is 0 Å². The van der Waals surface area contributed by atoms with Crippen molar-refractivity contribution in [1.29, 1.82) is 0 Å². The van der Waals surface area contributed by atoms with E-state index in [9.17, 15) is 0 Å². The number of hydrogen-bond donors (Lipinski definition) is 0. The zero-order valence-corrected chi connectivity index (χ0v) is 9.42. The molecule has 1 aromatic carbocycles. The van der Waals surface area contributed by atoms with Crippen molar-refractivity contribution in [3.63, 3.8) is 0 Å².